The van der Waals surface area contributed by atoms with Crippen LogP contribution in [0.3, 0.4) is 0 Å². The second-order valence-electron chi connectivity index (χ2n) is 5.51. The third kappa shape index (κ3) is 3.05. The molecule has 0 aromatic heterocycles. The van der Waals surface area contributed by atoms with Crippen LogP contribution >= 0.6 is 0 Å². The number of nitrogens with two attached hydrogens (primary N) is 1. The zero-order valence-corrected chi connectivity index (χ0v) is 13.2. The molecule has 0 fully saturated rings. The van der Waals surface area contributed by atoms with Crippen LogP contribution in [0.25, 0.3) is 0 Å². The van der Waals surface area contributed by atoms with E-state index in [-0.39, 0.29) is 10.6 Å². The van der Waals surface area contributed by atoms with Gasteiger partial charge in [-0.1, -0.05) is 24.3 Å². The van der Waals surface area contributed by atoms with Crippen molar-refractivity contribution in [2.45, 2.75) is 6.92 Å². The van der Waals surface area contributed by atoms with Gasteiger partial charge >= 0.3 is 0 Å². The Morgan fingerprint density at radius 1 is 0.917 bits per heavy atom. The fourth-order valence-electron chi connectivity index (χ4n) is 2.63. The molecule has 0 saturated carbocycles. The van der Waals surface area contributed by atoms with Gasteiger partial charge in [-0.2, -0.15) is 0 Å². The molecule has 0 amide bonds. The first-order valence-electron chi connectivity index (χ1n) is 7.52. The molecule has 0 aliphatic rings. The minimum absolute atomic E-state index is 0.0517. The molecule has 5 heteroatoms. The average molecular weight is 319 g/mol. The van der Waals surface area contributed by atoms with Crippen LogP contribution in [0.4, 0.5) is 28.4 Å². The van der Waals surface area contributed by atoms with Crippen molar-refractivity contribution in [2.75, 3.05) is 10.6 Å². The van der Waals surface area contributed by atoms with Gasteiger partial charge in [-0.15, -0.1) is 0 Å². The van der Waals surface area contributed by atoms with Gasteiger partial charge in [-0.25, -0.2) is 0 Å². The topological polar surface area (TPSA) is 72.4 Å². The second kappa shape index (κ2) is 6.42. The highest BCUT2D eigenvalue weighted by Gasteiger charge is 2.21. The van der Waals surface area contributed by atoms with Crippen LogP contribution in [-0.4, -0.2) is 4.92 Å². The molecule has 0 bridgehead atoms. The lowest BCUT2D eigenvalue weighted by atomic mass is 10.1. The fraction of sp³-hybridized carbons (Fsp3) is 0.0526. The molecule has 0 atom stereocenters. The molecule has 120 valence electrons. The molecule has 2 N–H and O–H groups in total. The van der Waals surface area contributed by atoms with Gasteiger partial charge in [0.05, 0.1) is 4.92 Å². The Morgan fingerprint density at radius 2 is 1.62 bits per heavy atom. The first kappa shape index (κ1) is 15.6. The minimum Gasteiger partial charge on any atom is -0.399 e. The van der Waals surface area contributed by atoms with E-state index >= 15 is 0 Å². The summed E-state index contributed by atoms with van der Waals surface area (Å²) in [6.45, 7) is 1.99. The first-order valence-corrected chi connectivity index (χ1v) is 7.52. The smallest absolute Gasteiger partial charge is 0.293 e. The van der Waals surface area contributed by atoms with E-state index in [1.54, 1.807) is 30.3 Å². The van der Waals surface area contributed by atoms with Gasteiger partial charge in [0.15, 0.2) is 0 Å². The van der Waals surface area contributed by atoms with E-state index in [4.69, 9.17) is 5.73 Å². The number of hydrogen-bond acceptors (Lipinski definition) is 4. The number of hydrogen-bond donors (Lipinski definition) is 1. The number of benzene rings is 3. The van der Waals surface area contributed by atoms with Crippen LogP contribution in [0.1, 0.15) is 5.56 Å². The summed E-state index contributed by atoms with van der Waals surface area (Å²) in [5, 5.41) is 11.5. The van der Waals surface area contributed by atoms with Crippen molar-refractivity contribution in [3.05, 3.63) is 88.5 Å². The maximum absolute atomic E-state index is 11.5. The molecule has 3 rings (SSSR count). The van der Waals surface area contributed by atoms with Gasteiger partial charge in [-0.3, -0.25) is 10.1 Å². The summed E-state index contributed by atoms with van der Waals surface area (Å²) in [4.78, 5) is 13.0. The van der Waals surface area contributed by atoms with E-state index in [9.17, 15) is 10.1 Å². The summed E-state index contributed by atoms with van der Waals surface area (Å²) in [7, 11) is 0. The summed E-state index contributed by atoms with van der Waals surface area (Å²) >= 11 is 0. The second-order valence-corrected chi connectivity index (χ2v) is 5.51. The van der Waals surface area contributed by atoms with Crippen molar-refractivity contribution >= 4 is 28.4 Å². The third-order valence-corrected chi connectivity index (χ3v) is 3.73. The lowest BCUT2D eigenvalue weighted by molar-refractivity contribution is -0.384. The lowest BCUT2D eigenvalue weighted by Gasteiger charge is -2.25. The number of nitrogen functional groups attached to an aromatic ring is 1. The standard InChI is InChI=1S/C19H17N3O2/c1-14-5-4-6-17(13-14)21(16-11-9-15(20)10-12-16)18-7-2-3-8-19(18)22(23)24/h2-13H,20H2,1H3. The van der Waals surface area contributed by atoms with E-state index < -0.39 is 0 Å². The average Bonchev–Trinajstić information content (AvgIpc) is 2.57. The van der Waals surface area contributed by atoms with E-state index in [1.807, 2.05) is 48.2 Å². The Balaban J connectivity index is 2.23. The largest absolute Gasteiger partial charge is 0.399 e. The molecule has 5 nitrogen and oxygen atoms in total. The zero-order valence-electron chi connectivity index (χ0n) is 13.2. The maximum atomic E-state index is 11.5. The summed E-state index contributed by atoms with van der Waals surface area (Å²) in [6.07, 6.45) is 0. The van der Waals surface area contributed by atoms with Crippen LogP contribution in [0.2, 0.25) is 0 Å². The summed E-state index contributed by atoms with van der Waals surface area (Å²) in [6, 6.07) is 21.8. The Kier molecular flexibility index (Phi) is 4.16. The monoisotopic (exact) mass is 319 g/mol. The molecule has 0 unspecified atom stereocenters. The van der Waals surface area contributed by atoms with E-state index in [2.05, 4.69) is 0 Å². The van der Waals surface area contributed by atoms with Crippen molar-refractivity contribution in [1.29, 1.82) is 0 Å². The molecule has 0 saturated heterocycles. The van der Waals surface area contributed by atoms with Gasteiger partial charge in [0.1, 0.15) is 5.69 Å². The Bertz CT molecular complexity index is 876. The van der Waals surface area contributed by atoms with Crippen molar-refractivity contribution in [3.8, 4) is 0 Å². The predicted octanol–water partition coefficient (Wildman–Crippen LogP) is 4.96. The summed E-state index contributed by atoms with van der Waals surface area (Å²) < 4.78 is 0. The molecular weight excluding hydrogens is 302 g/mol. The van der Waals surface area contributed by atoms with Crippen molar-refractivity contribution < 1.29 is 4.92 Å². The van der Waals surface area contributed by atoms with Gasteiger partial charge in [-0.05, 0) is 55.0 Å². The predicted molar refractivity (Wildman–Crippen MR) is 96.9 cm³/mol. The highest BCUT2D eigenvalue weighted by Crippen LogP contribution is 2.39. The number of nitro benzene ring substituents is 1. The van der Waals surface area contributed by atoms with Gasteiger partial charge in [0.2, 0.25) is 0 Å². The molecule has 3 aromatic carbocycles. The highest BCUT2D eigenvalue weighted by atomic mass is 16.6. The SMILES string of the molecule is Cc1cccc(N(c2ccc(N)cc2)c2ccccc2[N+](=O)[O-])c1. The number of nitro groups is 1. The number of para-hydroxylation sites is 2. The number of nitrogens with zero attached hydrogens (tertiary/aromatic N) is 2. The van der Waals surface area contributed by atoms with E-state index in [1.165, 1.54) is 6.07 Å². The van der Waals surface area contributed by atoms with Gasteiger partial charge in [0, 0.05) is 23.1 Å². The molecule has 0 heterocycles. The van der Waals surface area contributed by atoms with Crippen LogP contribution in [0.5, 0.6) is 0 Å². The minimum atomic E-state index is -0.366. The van der Waals surface area contributed by atoms with Gasteiger partial charge in [0.25, 0.3) is 5.69 Å². The molecule has 0 radical (unpaired) electrons. The molecule has 0 aliphatic carbocycles. The van der Waals surface area contributed by atoms with E-state index in [0.717, 1.165) is 16.9 Å². The van der Waals surface area contributed by atoms with Crippen molar-refractivity contribution in [3.63, 3.8) is 0 Å². The number of rotatable bonds is 4. The lowest BCUT2D eigenvalue weighted by Crippen LogP contribution is -2.12. The fourth-order valence-corrected chi connectivity index (χ4v) is 2.63. The first-order chi connectivity index (χ1) is 11.6. The normalized spacial score (nSPS) is 10.4. The number of anilines is 4. The molecule has 0 spiro atoms. The molecule has 24 heavy (non-hydrogen) atoms. The zero-order chi connectivity index (χ0) is 17.1. The Hall–Kier alpha value is -3.34. The van der Waals surface area contributed by atoms with Gasteiger partial charge < -0.3 is 10.6 Å². The van der Waals surface area contributed by atoms with Crippen LogP contribution in [0, 0.1) is 17.0 Å². The van der Waals surface area contributed by atoms with Crippen LogP contribution in [0.15, 0.2) is 72.8 Å². The van der Waals surface area contributed by atoms with Crippen LogP contribution < -0.4 is 10.6 Å². The summed E-state index contributed by atoms with van der Waals surface area (Å²) in [5.41, 5.74) is 9.73. The molecule has 0 aliphatic heterocycles. The number of aryl methyl sites for hydroxylation is 1. The highest BCUT2D eigenvalue weighted by molar-refractivity contribution is 5.82. The molecule has 3 aromatic rings. The molecular formula is C19H17N3O2. The van der Waals surface area contributed by atoms with E-state index in [0.29, 0.717) is 11.4 Å². The Morgan fingerprint density at radius 3 is 2.29 bits per heavy atom. The van der Waals surface area contributed by atoms with Crippen LogP contribution in [-0.2, 0) is 0 Å². The van der Waals surface area contributed by atoms with Crippen molar-refractivity contribution in [1.82, 2.24) is 0 Å². The maximum Gasteiger partial charge on any atom is 0.293 e. The third-order valence-electron chi connectivity index (χ3n) is 3.73. The summed E-state index contributed by atoms with van der Waals surface area (Å²) in [5.74, 6) is 0. The van der Waals surface area contributed by atoms with Crippen molar-refractivity contribution in [2.24, 2.45) is 0 Å². The quantitative estimate of drug-likeness (QED) is 0.419. The Labute approximate surface area is 140 Å².